The van der Waals surface area contributed by atoms with E-state index in [-0.39, 0.29) is 5.97 Å². The standard InChI is InChI=1S/C18H16N2O4S/c1-12-10-17(19-24-12)20-25(22)16-8-6-13(7-9-16)14-4-3-5-15(11-14)18(21)23-2/h3-11H,1-2H3,(H,19,20). The number of methoxy groups -OCH3 is 1. The lowest BCUT2D eigenvalue weighted by atomic mass is 10.0. The van der Waals surface area contributed by atoms with Crippen molar-refractivity contribution >= 4 is 22.8 Å². The van der Waals surface area contributed by atoms with E-state index in [1.165, 1.54) is 7.11 Å². The van der Waals surface area contributed by atoms with Gasteiger partial charge in [0.2, 0.25) is 0 Å². The number of ether oxygens (including phenoxy) is 1. The predicted octanol–water partition coefficient (Wildman–Crippen LogP) is 3.57. The third kappa shape index (κ3) is 3.95. The second-order valence-electron chi connectivity index (χ2n) is 5.29. The zero-order chi connectivity index (χ0) is 17.8. The van der Waals surface area contributed by atoms with Gasteiger partial charge in [0.25, 0.3) is 0 Å². The van der Waals surface area contributed by atoms with E-state index in [2.05, 4.69) is 9.88 Å². The molecule has 2 aromatic carbocycles. The Kier molecular flexibility index (Phi) is 4.95. The molecule has 0 bridgehead atoms. The van der Waals surface area contributed by atoms with Crippen LogP contribution in [0, 0.1) is 6.92 Å². The van der Waals surface area contributed by atoms with Gasteiger partial charge in [-0.2, -0.15) is 0 Å². The molecular weight excluding hydrogens is 340 g/mol. The number of carbonyl (C=O) groups is 1. The molecule has 0 saturated carbocycles. The van der Waals surface area contributed by atoms with Crippen LogP contribution in [0.2, 0.25) is 0 Å². The Morgan fingerprint density at radius 1 is 1.12 bits per heavy atom. The number of benzene rings is 2. The number of aryl methyl sites for hydroxylation is 1. The molecule has 7 heteroatoms. The number of rotatable bonds is 5. The van der Waals surface area contributed by atoms with E-state index in [1.54, 1.807) is 43.3 Å². The molecule has 3 aromatic rings. The summed E-state index contributed by atoms with van der Waals surface area (Å²) in [6.07, 6.45) is 0. The minimum Gasteiger partial charge on any atom is -0.465 e. The summed E-state index contributed by atoms with van der Waals surface area (Å²) in [6, 6.07) is 16.0. The van der Waals surface area contributed by atoms with Crippen molar-refractivity contribution in [3.63, 3.8) is 0 Å². The van der Waals surface area contributed by atoms with Crippen LogP contribution in [0.25, 0.3) is 11.1 Å². The Balaban J connectivity index is 1.78. The topological polar surface area (TPSA) is 81.4 Å². The van der Waals surface area contributed by atoms with Crippen LogP contribution in [-0.4, -0.2) is 22.4 Å². The summed E-state index contributed by atoms with van der Waals surface area (Å²) in [5.74, 6) is 0.678. The molecule has 25 heavy (non-hydrogen) atoms. The highest BCUT2D eigenvalue weighted by atomic mass is 32.2. The van der Waals surface area contributed by atoms with Crippen molar-refractivity contribution in [2.24, 2.45) is 0 Å². The maximum Gasteiger partial charge on any atom is 0.337 e. The Morgan fingerprint density at radius 3 is 2.52 bits per heavy atom. The van der Waals surface area contributed by atoms with Gasteiger partial charge in [0.05, 0.1) is 17.6 Å². The number of carbonyl (C=O) groups excluding carboxylic acids is 1. The van der Waals surface area contributed by atoms with Gasteiger partial charge in [-0.3, -0.25) is 4.72 Å². The van der Waals surface area contributed by atoms with Gasteiger partial charge in [-0.05, 0) is 42.3 Å². The number of aromatic nitrogens is 1. The lowest BCUT2D eigenvalue weighted by Crippen LogP contribution is -2.04. The molecule has 1 N–H and O–H groups in total. The molecule has 6 nitrogen and oxygen atoms in total. The molecule has 0 amide bonds. The summed E-state index contributed by atoms with van der Waals surface area (Å²) >= 11 is 0. The number of hydrogen-bond donors (Lipinski definition) is 1. The van der Waals surface area contributed by atoms with Gasteiger partial charge < -0.3 is 9.26 Å². The fraction of sp³-hybridized carbons (Fsp3) is 0.111. The van der Waals surface area contributed by atoms with E-state index >= 15 is 0 Å². The van der Waals surface area contributed by atoms with E-state index in [1.807, 2.05) is 18.2 Å². The lowest BCUT2D eigenvalue weighted by Gasteiger charge is -2.06. The molecule has 1 atom stereocenters. The molecule has 1 aromatic heterocycles. The summed E-state index contributed by atoms with van der Waals surface area (Å²) in [4.78, 5) is 12.2. The molecule has 0 saturated heterocycles. The Bertz CT molecular complexity index is 919. The zero-order valence-corrected chi connectivity index (χ0v) is 14.5. The highest BCUT2D eigenvalue weighted by Gasteiger charge is 2.09. The summed E-state index contributed by atoms with van der Waals surface area (Å²) in [7, 11) is -0.0958. The highest BCUT2D eigenvalue weighted by Crippen LogP contribution is 2.23. The second kappa shape index (κ2) is 7.31. The van der Waals surface area contributed by atoms with E-state index < -0.39 is 11.0 Å². The SMILES string of the molecule is COC(=O)c1cccc(-c2ccc(S(=O)Nc3cc(C)on3)cc2)c1. The normalized spacial score (nSPS) is 11.8. The summed E-state index contributed by atoms with van der Waals surface area (Å²) in [6.45, 7) is 1.76. The number of nitrogens with one attached hydrogen (secondary N) is 1. The fourth-order valence-corrected chi connectivity index (χ4v) is 3.07. The van der Waals surface area contributed by atoms with Crippen LogP contribution in [0.3, 0.4) is 0 Å². The van der Waals surface area contributed by atoms with Crippen LogP contribution in [-0.2, 0) is 15.7 Å². The summed E-state index contributed by atoms with van der Waals surface area (Å²) in [5.41, 5.74) is 2.26. The average Bonchev–Trinajstić information content (AvgIpc) is 3.06. The third-order valence-electron chi connectivity index (χ3n) is 3.51. The molecule has 3 rings (SSSR count). The van der Waals surface area contributed by atoms with Crippen molar-refractivity contribution in [3.05, 3.63) is 65.9 Å². The first kappa shape index (κ1) is 16.9. The van der Waals surface area contributed by atoms with Gasteiger partial charge in [-0.1, -0.05) is 29.4 Å². The first-order chi connectivity index (χ1) is 12.1. The minimum atomic E-state index is -1.45. The van der Waals surface area contributed by atoms with E-state index in [4.69, 9.17) is 9.26 Å². The van der Waals surface area contributed by atoms with Crippen molar-refractivity contribution in [2.45, 2.75) is 11.8 Å². The smallest absolute Gasteiger partial charge is 0.337 e. The fourth-order valence-electron chi connectivity index (χ4n) is 2.28. The maximum absolute atomic E-state index is 12.3. The van der Waals surface area contributed by atoms with Crippen molar-refractivity contribution < 1.29 is 18.3 Å². The van der Waals surface area contributed by atoms with Crippen LogP contribution in [0.15, 0.2) is 64.0 Å². The molecule has 1 unspecified atom stereocenters. The Labute approximate surface area is 147 Å². The van der Waals surface area contributed by atoms with Crippen LogP contribution in [0.5, 0.6) is 0 Å². The first-order valence-electron chi connectivity index (χ1n) is 7.47. The largest absolute Gasteiger partial charge is 0.465 e. The monoisotopic (exact) mass is 356 g/mol. The summed E-state index contributed by atoms with van der Waals surface area (Å²) < 4.78 is 24.8. The molecule has 0 radical (unpaired) electrons. The van der Waals surface area contributed by atoms with Gasteiger partial charge in [-0.25, -0.2) is 9.00 Å². The molecule has 1 heterocycles. The van der Waals surface area contributed by atoms with Crippen molar-refractivity contribution in [1.82, 2.24) is 5.16 Å². The van der Waals surface area contributed by atoms with Gasteiger partial charge in [-0.15, -0.1) is 0 Å². The van der Waals surface area contributed by atoms with Gasteiger partial charge in [0.15, 0.2) is 16.8 Å². The third-order valence-corrected chi connectivity index (χ3v) is 4.61. The minimum absolute atomic E-state index is 0.383. The zero-order valence-electron chi connectivity index (χ0n) is 13.7. The van der Waals surface area contributed by atoms with E-state index in [9.17, 15) is 9.00 Å². The number of hydrogen-bond acceptors (Lipinski definition) is 5. The number of anilines is 1. The summed E-state index contributed by atoms with van der Waals surface area (Å²) in [5, 5.41) is 3.76. The molecule has 0 spiro atoms. The molecule has 0 aliphatic carbocycles. The van der Waals surface area contributed by atoms with Crippen LogP contribution in [0.1, 0.15) is 16.1 Å². The molecule has 0 aliphatic rings. The lowest BCUT2D eigenvalue weighted by molar-refractivity contribution is 0.0601. The quantitative estimate of drug-likeness (QED) is 0.707. The van der Waals surface area contributed by atoms with E-state index in [0.29, 0.717) is 22.0 Å². The molecule has 0 fully saturated rings. The van der Waals surface area contributed by atoms with Gasteiger partial charge in [0.1, 0.15) is 5.76 Å². The van der Waals surface area contributed by atoms with Crippen molar-refractivity contribution in [2.75, 3.05) is 11.8 Å². The first-order valence-corrected chi connectivity index (χ1v) is 8.62. The van der Waals surface area contributed by atoms with Crippen molar-refractivity contribution in [1.29, 1.82) is 0 Å². The second-order valence-corrected chi connectivity index (χ2v) is 6.50. The van der Waals surface area contributed by atoms with Gasteiger partial charge in [0, 0.05) is 6.07 Å². The van der Waals surface area contributed by atoms with Crippen LogP contribution >= 0.6 is 0 Å². The molecular formula is C18H16N2O4S. The molecule has 0 aliphatic heterocycles. The Hall–Kier alpha value is -2.93. The average molecular weight is 356 g/mol. The highest BCUT2D eigenvalue weighted by molar-refractivity contribution is 7.86. The Morgan fingerprint density at radius 2 is 1.88 bits per heavy atom. The number of nitrogens with zero attached hydrogens (tertiary/aromatic N) is 1. The van der Waals surface area contributed by atoms with Crippen LogP contribution < -0.4 is 4.72 Å². The molecule has 128 valence electrons. The predicted molar refractivity (Wildman–Crippen MR) is 94.5 cm³/mol. The van der Waals surface area contributed by atoms with E-state index in [0.717, 1.165) is 11.1 Å². The van der Waals surface area contributed by atoms with Gasteiger partial charge >= 0.3 is 5.97 Å². The van der Waals surface area contributed by atoms with Crippen LogP contribution in [0.4, 0.5) is 5.82 Å². The van der Waals surface area contributed by atoms with Crippen molar-refractivity contribution in [3.8, 4) is 11.1 Å². The maximum atomic E-state index is 12.3. The number of esters is 1.